The molecule has 1 aromatic rings. The third-order valence-corrected chi connectivity index (χ3v) is 2.88. The number of ketones is 1. The number of carbonyl (C=O) groups is 1. The first kappa shape index (κ1) is 14.2. The number of ether oxygens (including phenoxy) is 1. The number of halogens is 1. The summed E-state index contributed by atoms with van der Waals surface area (Å²) in [5.41, 5.74) is 0. The van der Waals surface area contributed by atoms with Crippen LogP contribution in [-0.2, 0) is 9.36 Å². The summed E-state index contributed by atoms with van der Waals surface area (Å²) in [6.45, 7) is 1.43. The SMILES string of the molecule is CC(Oc1cccc(Cl)c1)C(=O)CP(=O)(O)O. The first-order chi connectivity index (χ1) is 7.78. The Labute approximate surface area is 104 Å². The molecule has 94 valence electrons. The summed E-state index contributed by atoms with van der Waals surface area (Å²) in [7, 11) is -4.35. The molecule has 1 aromatic carbocycles. The molecular weight excluding hydrogens is 267 g/mol. The molecule has 0 radical (unpaired) electrons. The third kappa shape index (κ3) is 5.33. The van der Waals surface area contributed by atoms with Gasteiger partial charge >= 0.3 is 7.60 Å². The quantitative estimate of drug-likeness (QED) is 0.803. The Bertz CT molecular complexity index is 456. The van der Waals surface area contributed by atoms with E-state index in [2.05, 4.69) is 0 Å². The molecule has 0 heterocycles. The predicted octanol–water partition coefficient (Wildman–Crippen LogP) is 1.85. The van der Waals surface area contributed by atoms with Crippen LogP contribution >= 0.6 is 19.2 Å². The summed E-state index contributed by atoms with van der Waals surface area (Å²) < 4.78 is 15.9. The molecule has 0 fully saturated rings. The maximum Gasteiger partial charge on any atom is 0.333 e. The fourth-order valence-electron chi connectivity index (χ4n) is 1.14. The van der Waals surface area contributed by atoms with Gasteiger partial charge in [-0.15, -0.1) is 0 Å². The minimum atomic E-state index is -4.35. The van der Waals surface area contributed by atoms with Crippen molar-refractivity contribution in [2.45, 2.75) is 13.0 Å². The van der Waals surface area contributed by atoms with Crippen molar-refractivity contribution in [2.75, 3.05) is 6.16 Å². The summed E-state index contributed by atoms with van der Waals surface area (Å²) in [5, 5.41) is 0.456. The zero-order valence-corrected chi connectivity index (χ0v) is 10.7. The van der Waals surface area contributed by atoms with E-state index in [1.54, 1.807) is 18.2 Å². The van der Waals surface area contributed by atoms with Gasteiger partial charge in [0.15, 0.2) is 11.9 Å². The van der Waals surface area contributed by atoms with E-state index in [0.29, 0.717) is 10.8 Å². The number of hydrogen-bond acceptors (Lipinski definition) is 3. The highest BCUT2D eigenvalue weighted by Crippen LogP contribution is 2.34. The van der Waals surface area contributed by atoms with Crippen molar-refractivity contribution in [3.63, 3.8) is 0 Å². The maximum absolute atomic E-state index is 11.4. The normalized spacial score (nSPS) is 13.2. The second kappa shape index (κ2) is 5.65. The van der Waals surface area contributed by atoms with E-state index in [0.717, 1.165) is 0 Å². The van der Waals surface area contributed by atoms with E-state index >= 15 is 0 Å². The Morgan fingerprint density at radius 2 is 2.18 bits per heavy atom. The van der Waals surface area contributed by atoms with Gasteiger partial charge in [-0.25, -0.2) is 0 Å². The van der Waals surface area contributed by atoms with Crippen LogP contribution in [0.4, 0.5) is 0 Å². The van der Waals surface area contributed by atoms with E-state index in [-0.39, 0.29) is 0 Å². The molecule has 0 aliphatic heterocycles. The number of carbonyl (C=O) groups excluding carboxylic acids is 1. The predicted molar refractivity (Wildman–Crippen MR) is 63.5 cm³/mol. The van der Waals surface area contributed by atoms with Crippen LogP contribution in [0.3, 0.4) is 0 Å². The Morgan fingerprint density at radius 1 is 1.53 bits per heavy atom. The van der Waals surface area contributed by atoms with Gasteiger partial charge in [-0.1, -0.05) is 17.7 Å². The van der Waals surface area contributed by atoms with Crippen LogP contribution in [0, 0.1) is 0 Å². The Hall–Kier alpha value is -0.870. The molecule has 7 heteroatoms. The lowest BCUT2D eigenvalue weighted by Crippen LogP contribution is -2.26. The van der Waals surface area contributed by atoms with Crippen LogP contribution in [-0.4, -0.2) is 27.8 Å². The molecule has 1 rings (SSSR count). The number of rotatable bonds is 5. The fourth-order valence-corrected chi connectivity index (χ4v) is 1.99. The highest BCUT2D eigenvalue weighted by Gasteiger charge is 2.24. The molecule has 0 amide bonds. The minimum absolute atomic E-state index is 0.379. The molecule has 0 saturated carbocycles. The summed E-state index contributed by atoms with van der Waals surface area (Å²) in [4.78, 5) is 28.7. The van der Waals surface area contributed by atoms with Gasteiger partial charge in [0.25, 0.3) is 0 Å². The van der Waals surface area contributed by atoms with Crippen molar-refractivity contribution in [1.82, 2.24) is 0 Å². The van der Waals surface area contributed by atoms with Crippen LogP contribution in [0.15, 0.2) is 24.3 Å². The smallest absolute Gasteiger partial charge is 0.333 e. The van der Waals surface area contributed by atoms with Gasteiger partial charge in [-0.3, -0.25) is 9.36 Å². The summed E-state index contributed by atoms with van der Waals surface area (Å²) >= 11 is 5.72. The zero-order valence-electron chi connectivity index (χ0n) is 9.04. The van der Waals surface area contributed by atoms with Gasteiger partial charge in [0.2, 0.25) is 0 Å². The van der Waals surface area contributed by atoms with E-state index in [9.17, 15) is 9.36 Å². The van der Waals surface area contributed by atoms with Gasteiger partial charge in [0.1, 0.15) is 11.9 Å². The molecule has 0 spiro atoms. The molecule has 5 nitrogen and oxygen atoms in total. The van der Waals surface area contributed by atoms with Crippen LogP contribution in [0.1, 0.15) is 6.92 Å². The number of benzene rings is 1. The fraction of sp³-hybridized carbons (Fsp3) is 0.300. The lowest BCUT2D eigenvalue weighted by molar-refractivity contribution is -0.122. The number of Topliss-reactive ketones (excluding diaryl/α,β-unsaturated/α-hetero) is 1. The second-order valence-corrected chi connectivity index (χ2v) is 5.59. The van der Waals surface area contributed by atoms with Crippen molar-refractivity contribution >= 4 is 25.0 Å². The summed E-state index contributed by atoms with van der Waals surface area (Å²) in [6, 6.07) is 6.42. The first-order valence-corrected chi connectivity index (χ1v) is 6.95. The highest BCUT2D eigenvalue weighted by molar-refractivity contribution is 7.52. The molecule has 0 bridgehead atoms. The van der Waals surface area contributed by atoms with Crippen molar-refractivity contribution in [1.29, 1.82) is 0 Å². The monoisotopic (exact) mass is 278 g/mol. The lowest BCUT2D eigenvalue weighted by Gasteiger charge is -2.14. The Balaban J connectivity index is 2.63. The maximum atomic E-state index is 11.4. The molecule has 0 aliphatic rings. The average molecular weight is 279 g/mol. The van der Waals surface area contributed by atoms with Crippen molar-refractivity contribution in [2.24, 2.45) is 0 Å². The van der Waals surface area contributed by atoms with E-state index in [4.69, 9.17) is 26.1 Å². The minimum Gasteiger partial charge on any atom is -0.483 e. The van der Waals surface area contributed by atoms with Gasteiger partial charge in [0.05, 0.1) is 0 Å². The molecule has 2 N–H and O–H groups in total. The molecule has 0 aliphatic carbocycles. The molecule has 1 atom stereocenters. The van der Waals surface area contributed by atoms with Crippen molar-refractivity contribution in [3.8, 4) is 5.75 Å². The van der Waals surface area contributed by atoms with Crippen LogP contribution in [0.2, 0.25) is 5.02 Å². The average Bonchev–Trinajstić information content (AvgIpc) is 2.14. The largest absolute Gasteiger partial charge is 0.483 e. The van der Waals surface area contributed by atoms with Gasteiger partial charge in [-0.2, -0.15) is 0 Å². The topological polar surface area (TPSA) is 83.8 Å². The van der Waals surface area contributed by atoms with Crippen LogP contribution in [0.5, 0.6) is 5.75 Å². The summed E-state index contributed by atoms with van der Waals surface area (Å²) in [6.07, 6.45) is -1.75. The molecule has 1 unspecified atom stereocenters. The van der Waals surface area contributed by atoms with Crippen LogP contribution in [0.25, 0.3) is 0 Å². The van der Waals surface area contributed by atoms with E-state index in [1.165, 1.54) is 13.0 Å². The second-order valence-electron chi connectivity index (χ2n) is 3.51. The van der Waals surface area contributed by atoms with Gasteiger partial charge in [0, 0.05) is 5.02 Å². The molecular formula is C10H12ClO5P. The Morgan fingerprint density at radius 3 is 2.71 bits per heavy atom. The zero-order chi connectivity index (χ0) is 13.1. The van der Waals surface area contributed by atoms with Crippen LogP contribution < -0.4 is 4.74 Å². The summed E-state index contributed by atoms with van der Waals surface area (Å²) in [5.74, 6) is -0.276. The molecule has 0 saturated heterocycles. The number of hydrogen-bond donors (Lipinski definition) is 2. The van der Waals surface area contributed by atoms with Crippen molar-refractivity contribution < 1.29 is 23.9 Å². The Kier molecular flexibility index (Phi) is 4.71. The van der Waals surface area contributed by atoms with E-state index in [1.807, 2.05) is 0 Å². The lowest BCUT2D eigenvalue weighted by atomic mass is 10.3. The van der Waals surface area contributed by atoms with E-state index < -0.39 is 25.6 Å². The standard InChI is InChI=1S/C10H12ClO5P/c1-7(10(12)6-17(13,14)15)16-9-4-2-3-8(11)5-9/h2-5,7H,6H2,1H3,(H2,13,14,15). The molecule has 17 heavy (non-hydrogen) atoms. The molecule has 0 aromatic heterocycles. The highest BCUT2D eigenvalue weighted by atomic mass is 35.5. The van der Waals surface area contributed by atoms with Gasteiger partial charge in [-0.05, 0) is 25.1 Å². The van der Waals surface area contributed by atoms with Crippen molar-refractivity contribution in [3.05, 3.63) is 29.3 Å². The first-order valence-electron chi connectivity index (χ1n) is 4.77. The van der Waals surface area contributed by atoms with Gasteiger partial charge < -0.3 is 14.5 Å². The third-order valence-electron chi connectivity index (χ3n) is 1.92.